The van der Waals surface area contributed by atoms with Gasteiger partial charge in [0.05, 0.1) is 33.5 Å². The van der Waals surface area contributed by atoms with E-state index in [9.17, 15) is 0 Å². The van der Waals surface area contributed by atoms with E-state index >= 15 is 0 Å². The third-order valence-corrected chi connectivity index (χ3v) is 21.4. The average Bonchev–Trinajstić information content (AvgIpc) is 1.56. The lowest BCUT2D eigenvalue weighted by Crippen LogP contribution is -2.25. The van der Waals surface area contributed by atoms with Gasteiger partial charge in [-0.1, -0.05) is 303 Å². The van der Waals surface area contributed by atoms with Crippen LogP contribution in [0.25, 0.3) is 144 Å². The van der Waals surface area contributed by atoms with Crippen LogP contribution in [0, 0.1) is 6.92 Å². The van der Waals surface area contributed by atoms with Crippen LogP contribution in [0.4, 0.5) is 0 Å². The smallest absolute Gasteiger partial charge is 0.0715 e. The molecule has 15 aromatic rings. The zero-order valence-electron chi connectivity index (χ0n) is 57.0. The Balaban J connectivity index is 0.742. The molecule has 0 saturated carbocycles. The van der Waals surface area contributed by atoms with Crippen LogP contribution in [0.3, 0.4) is 0 Å². The van der Waals surface area contributed by atoms with E-state index in [-0.39, 0.29) is 5.41 Å². The number of aryl methyl sites for hydroxylation is 1. The summed E-state index contributed by atoms with van der Waals surface area (Å²) in [5.41, 5.74) is 30.5. The van der Waals surface area contributed by atoms with E-state index < -0.39 is 0 Å². The van der Waals surface area contributed by atoms with Gasteiger partial charge in [0.2, 0.25) is 0 Å². The molecule has 0 spiro atoms. The van der Waals surface area contributed by atoms with Gasteiger partial charge in [0.15, 0.2) is 0 Å². The minimum atomic E-state index is -0.0701. The lowest BCUT2D eigenvalue weighted by molar-refractivity contribution is 0.398. The van der Waals surface area contributed by atoms with Crippen molar-refractivity contribution in [1.29, 1.82) is 0 Å². The van der Waals surface area contributed by atoms with Crippen LogP contribution >= 0.6 is 0 Å². The van der Waals surface area contributed by atoms with Crippen molar-refractivity contribution in [1.82, 2.24) is 14.1 Å². The molecular weight excluding hydrogens is 1180 g/mol. The molecule has 0 atom stereocenters. The van der Waals surface area contributed by atoms with E-state index in [4.69, 9.17) is 4.98 Å². The van der Waals surface area contributed by atoms with E-state index in [1.807, 2.05) is 0 Å². The van der Waals surface area contributed by atoms with Gasteiger partial charge >= 0.3 is 0 Å². The van der Waals surface area contributed by atoms with Gasteiger partial charge < -0.3 is 9.13 Å². The van der Waals surface area contributed by atoms with E-state index in [1.54, 1.807) is 0 Å². The maximum Gasteiger partial charge on any atom is 0.0715 e. The average molecular weight is 1270 g/mol. The highest BCUT2D eigenvalue weighted by Crippen LogP contribution is 2.56. The van der Waals surface area contributed by atoms with E-state index in [0.29, 0.717) is 0 Å². The van der Waals surface area contributed by atoms with Crippen LogP contribution in [-0.4, -0.2) is 14.1 Å². The predicted molar refractivity (Wildman–Crippen MR) is 418 cm³/mol. The van der Waals surface area contributed by atoms with Gasteiger partial charge in [-0.25, -0.2) is 4.98 Å². The number of aromatic nitrogens is 3. The monoisotopic (exact) mass is 1270 g/mol. The van der Waals surface area contributed by atoms with Gasteiger partial charge in [0.25, 0.3) is 0 Å². The number of rotatable bonds is 23. The van der Waals surface area contributed by atoms with E-state index in [0.717, 1.165) is 39.3 Å². The van der Waals surface area contributed by atoms with E-state index in [2.05, 4.69) is 321 Å². The van der Waals surface area contributed by atoms with Crippen molar-refractivity contribution in [3.05, 3.63) is 308 Å². The largest absolute Gasteiger partial charge is 0.309 e. The Morgan fingerprint density at radius 3 is 1.16 bits per heavy atom. The van der Waals surface area contributed by atoms with Crippen molar-refractivity contribution in [2.75, 3.05) is 0 Å². The molecule has 16 rings (SSSR count). The van der Waals surface area contributed by atoms with Crippen LogP contribution in [-0.2, 0) is 5.41 Å². The van der Waals surface area contributed by atoms with Gasteiger partial charge in [-0.05, 0) is 183 Å². The fraction of sp³-hybridized carbons (Fsp3) is 0.189. The first-order valence-corrected chi connectivity index (χ1v) is 36.3. The maximum atomic E-state index is 5.50. The van der Waals surface area contributed by atoms with Crippen LogP contribution in [0.1, 0.15) is 120 Å². The van der Waals surface area contributed by atoms with Crippen molar-refractivity contribution < 1.29 is 0 Å². The quantitative estimate of drug-likeness (QED) is 0.0585. The molecule has 0 aliphatic heterocycles. The van der Waals surface area contributed by atoms with Crippen molar-refractivity contribution in [2.24, 2.45) is 0 Å². The molecular formula is C95H85N3. The van der Waals surface area contributed by atoms with Gasteiger partial charge in [-0.2, -0.15) is 0 Å². The Bertz CT molecular complexity index is 5320. The molecule has 0 saturated heterocycles. The Kier molecular flexibility index (Phi) is 17.4. The number of hydrogen-bond acceptors (Lipinski definition) is 1. The van der Waals surface area contributed by atoms with Gasteiger partial charge in [0.1, 0.15) is 0 Å². The summed E-state index contributed by atoms with van der Waals surface area (Å²) in [4.78, 5) is 5.50. The minimum absolute atomic E-state index is 0.0701. The molecule has 12 aromatic carbocycles. The van der Waals surface area contributed by atoms with Gasteiger partial charge in [-0.3, -0.25) is 0 Å². The standard InChI is InChI=1S/C95H85N3/c1-4-6-8-10-12-24-57-95(58-25-13-11-9-7-5-2)87-62-76(69-43-41-68(42-44-69)67-27-16-14-17-28-67)49-53-81(87)82-54-50-77(63-88(82)95)70-45-47-72(48-46-70)90-65-78(64-89(96-90)71-39-37-66(3)38-40-71)73-29-26-32-80(59-73)98-92-36-23-21-34-84(92)86-61-75(52-56-94(86)98)74-51-55-93-85(60-74)83-33-20-22-35-91(83)97(93)79-30-18-15-19-31-79/h14-23,26-56,59-65H,4-13,24-25,57-58H2,1-3H3. The first-order chi connectivity index (χ1) is 48.4. The third-order valence-electron chi connectivity index (χ3n) is 21.4. The maximum absolute atomic E-state index is 5.50. The predicted octanol–water partition coefficient (Wildman–Crippen LogP) is 27.0. The highest BCUT2D eigenvalue weighted by atomic mass is 15.0. The molecule has 0 unspecified atom stereocenters. The molecule has 3 aromatic heterocycles. The highest BCUT2D eigenvalue weighted by molar-refractivity contribution is 6.13. The number of unbranched alkanes of at least 4 members (excludes halogenated alkanes) is 10. The Hall–Kier alpha value is -10.6. The normalized spacial score (nSPS) is 12.5. The topological polar surface area (TPSA) is 22.8 Å². The second-order valence-corrected chi connectivity index (χ2v) is 27.7. The summed E-state index contributed by atoms with van der Waals surface area (Å²) in [5, 5.41) is 4.96. The number of benzene rings is 12. The second-order valence-electron chi connectivity index (χ2n) is 27.7. The van der Waals surface area contributed by atoms with Crippen molar-refractivity contribution in [3.8, 4) is 101 Å². The van der Waals surface area contributed by atoms with Crippen molar-refractivity contribution in [3.63, 3.8) is 0 Å². The van der Waals surface area contributed by atoms with Crippen LogP contribution < -0.4 is 0 Å². The molecule has 1 aliphatic rings. The SMILES string of the molecule is CCCCCCCCC1(CCCCCCCC)c2cc(-c3ccc(-c4ccccc4)cc3)ccc2-c2ccc(-c3ccc(-c4cc(-c5cccc(-n6c7ccccc7c7cc(-c8ccc9c(c8)c8ccccc8n9-c8ccccc8)ccc76)c5)cc(-c5ccc(C)cc5)n4)cc3)cc21. The third kappa shape index (κ3) is 12.0. The lowest BCUT2D eigenvalue weighted by atomic mass is 9.70. The number of hydrogen-bond donors (Lipinski definition) is 0. The molecule has 0 bridgehead atoms. The summed E-state index contributed by atoms with van der Waals surface area (Å²) in [7, 11) is 0. The number of fused-ring (bicyclic) bond motifs is 9. The van der Waals surface area contributed by atoms with Crippen molar-refractivity contribution >= 4 is 43.6 Å². The van der Waals surface area contributed by atoms with Gasteiger partial charge in [0, 0.05) is 49.5 Å². The molecule has 98 heavy (non-hydrogen) atoms. The molecule has 1 aliphatic carbocycles. The molecule has 0 radical (unpaired) electrons. The fourth-order valence-electron chi connectivity index (χ4n) is 16.2. The Labute approximate surface area is 578 Å². The molecule has 3 heteroatoms. The molecule has 0 N–H and O–H groups in total. The fourth-order valence-corrected chi connectivity index (χ4v) is 16.2. The van der Waals surface area contributed by atoms with Crippen LogP contribution in [0.15, 0.2) is 291 Å². The molecule has 0 fully saturated rings. The molecule has 0 amide bonds. The number of nitrogens with zero attached hydrogens (tertiary/aromatic N) is 3. The molecule has 3 nitrogen and oxygen atoms in total. The summed E-state index contributed by atoms with van der Waals surface area (Å²) in [6.07, 6.45) is 17.8. The van der Waals surface area contributed by atoms with Crippen LogP contribution in [0.5, 0.6) is 0 Å². The molecule has 480 valence electrons. The summed E-state index contributed by atoms with van der Waals surface area (Å²) in [5.74, 6) is 0. The zero-order valence-corrected chi connectivity index (χ0v) is 57.0. The Morgan fingerprint density at radius 2 is 0.633 bits per heavy atom. The summed E-state index contributed by atoms with van der Waals surface area (Å²) in [6, 6.07) is 109. The second kappa shape index (κ2) is 27.5. The minimum Gasteiger partial charge on any atom is -0.309 e. The van der Waals surface area contributed by atoms with Gasteiger partial charge in [-0.15, -0.1) is 0 Å². The van der Waals surface area contributed by atoms with E-state index in [1.165, 1.54) is 212 Å². The zero-order chi connectivity index (χ0) is 65.9. The number of para-hydroxylation sites is 3. The Morgan fingerprint density at radius 1 is 0.265 bits per heavy atom. The number of pyridine rings is 1. The van der Waals surface area contributed by atoms with Crippen molar-refractivity contribution in [2.45, 2.75) is 116 Å². The summed E-state index contributed by atoms with van der Waals surface area (Å²) < 4.78 is 4.84. The first-order valence-electron chi connectivity index (χ1n) is 36.3. The first kappa shape index (κ1) is 62.2. The molecule has 3 heterocycles. The van der Waals surface area contributed by atoms with Crippen LogP contribution in [0.2, 0.25) is 0 Å². The highest BCUT2D eigenvalue weighted by Gasteiger charge is 2.43. The lowest BCUT2D eigenvalue weighted by Gasteiger charge is -2.33. The summed E-state index contributed by atoms with van der Waals surface area (Å²) in [6.45, 7) is 6.81. The summed E-state index contributed by atoms with van der Waals surface area (Å²) >= 11 is 0.